The predicted molar refractivity (Wildman–Crippen MR) is 68.0 cm³/mol. The number of anilines is 1. The van der Waals surface area contributed by atoms with E-state index in [1.807, 2.05) is 0 Å². The first-order valence-corrected chi connectivity index (χ1v) is 5.95. The van der Waals surface area contributed by atoms with E-state index in [1.165, 1.54) is 24.3 Å². The average molecular weight is 282 g/mol. The summed E-state index contributed by atoms with van der Waals surface area (Å²) < 4.78 is 25.8. The molecule has 0 aromatic heterocycles. The van der Waals surface area contributed by atoms with Crippen LogP contribution in [0.1, 0.15) is 0 Å². The quantitative estimate of drug-likeness (QED) is 0.530. The molecule has 0 bridgehead atoms. The smallest absolute Gasteiger partial charge is 0.272 e. The lowest BCUT2D eigenvalue weighted by atomic mass is 10.3. The van der Waals surface area contributed by atoms with E-state index >= 15 is 0 Å². The summed E-state index contributed by atoms with van der Waals surface area (Å²) in [6.45, 7) is 0. The Kier molecular flexibility index (Phi) is 3.66. The Morgan fingerprint density at radius 2 is 1.79 bits per heavy atom. The number of nitro groups is 1. The maximum atomic E-state index is 13.0. The van der Waals surface area contributed by atoms with Crippen LogP contribution in [0.5, 0.6) is 0 Å². The van der Waals surface area contributed by atoms with E-state index in [2.05, 4.69) is 0 Å². The summed E-state index contributed by atoms with van der Waals surface area (Å²) in [6.07, 6.45) is 0. The second-order valence-corrected chi connectivity index (χ2v) is 4.84. The predicted octanol–water partition coefficient (Wildman–Crippen LogP) is 3.61. The van der Waals surface area contributed by atoms with Gasteiger partial charge in [0.25, 0.3) is 5.69 Å². The molecule has 2 aromatic rings. The van der Waals surface area contributed by atoms with Gasteiger partial charge in [-0.25, -0.2) is 8.78 Å². The Balaban J connectivity index is 2.32. The third-order valence-electron chi connectivity index (χ3n) is 2.25. The fourth-order valence-electron chi connectivity index (χ4n) is 1.45. The summed E-state index contributed by atoms with van der Waals surface area (Å²) in [6, 6.07) is 7.49. The van der Waals surface area contributed by atoms with E-state index < -0.39 is 16.6 Å². The summed E-state index contributed by atoms with van der Waals surface area (Å²) >= 11 is 1.07. The van der Waals surface area contributed by atoms with Gasteiger partial charge in [-0.05, 0) is 24.3 Å². The van der Waals surface area contributed by atoms with E-state index in [-0.39, 0.29) is 11.4 Å². The molecule has 0 aliphatic rings. The Labute approximate surface area is 111 Å². The van der Waals surface area contributed by atoms with Gasteiger partial charge >= 0.3 is 0 Å². The molecule has 2 N–H and O–H groups in total. The largest absolute Gasteiger partial charge is 0.398 e. The van der Waals surface area contributed by atoms with Crippen molar-refractivity contribution < 1.29 is 13.7 Å². The van der Waals surface area contributed by atoms with Crippen molar-refractivity contribution in [3.63, 3.8) is 0 Å². The minimum Gasteiger partial charge on any atom is -0.398 e. The van der Waals surface area contributed by atoms with Crippen molar-refractivity contribution in [2.45, 2.75) is 9.79 Å². The van der Waals surface area contributed by atoms with Gasteiger partial charge in [-0.3, -0.25) is 10.1 Å². The molecule has 0 aliphatic heterocycles. The Bertz CT molecular complexity index is 650. The molecule has 0 fully saturated rings. The number of hydrogen-bond donors (Lipinski definition) is 1. The van der Waals surface area contributed by atoms with Crippen LogP contribution in [-0.4, -0.2) is 4.92 Å². The Morgan fingerprint density at radius 3 is 2.42 bits per heavy atom. The minimum absolute atomic E-state index is 0.148. The highest BCUT2D eigenvalue weighted by Crippen LogP contribution is 2.32. The molecular weight excluding hydrogens is 274 g/mol. The molecule has 0 heterocycles. The number of halogens is 2. The number of nitrogens with two attached hydrogens (primary N) is 1. The molecule has 0 unspecified atom stereocenters. The SMILES string of the molecule is Nc1cc(Sc2ccc(F)c(F)c2)cc([N+](=O)[O-])c1. The number of nitro benzene ring substituents is 1. The molecule has 0 aliphatic carbocycles. The molecule has 4 nitrogen and oxygen atoms in total. The van der Waals surface area contributed by atoms with Crippen LogP contribution in [0.2, 0.25) is 0 Å². The van der Waals surface area contributed by atoms with Gasteiger partial charge in [0.15, 0.2) is 11.6 Å². The van der Waals surface area contributed by atoms with Gasteiger partial charge in [-0.2, -0.15) is 0 Å². The van der Waals surface area contributed by atoms with Crippen LogP contribution in [0.3, 0.4) is 0 Å². The average Bonchev–Trinajstić information content (AvgIpc) is 2.33. The molecular formula is C12H8F2N2O2S. The second-order valence-electron chi connectivity index (χ2n) is 3.70. The minimum atomic E-state index is -0.969. The van der Waals surface area contributed by atoms with Gasteiger partial charge in [-0.15, -0.1) is 0 Å². The third-order valence-corrected chi connectivity index (χ3v) is 3.21. The lowest BCUT2D eigenvalue weighted by Gasteiger charge is -2.04. The lowest BCUT2D eigenvalue weighted by molar-refractivity contribution is -0.385. The van der Waals surface area contributed by atoms with E-state index in [1.54, 1.807) is 0 Å². The van der Waals surface area contributed by atoms with Crippen LogP contribution >= 0.6 is 11.8 Å². The first-order valence-electron chi connectivity index (χ1n) is 5.13. The highest BCUT2D eigenvalue weighted by molar-refractivity contribution is 7.99. The molecule has 98 valence electrons. The molecule has 7 heteroatoms. The molecule has 0 saturated heterocycles. The Morgan fingerprint density at radius 1 is 1.05 bits per heavy atom. The van der Waals surface area contributed by atoms with Crippen LogP contribution in [-0.2, 0) is 0 Å². The van der Waals surface area contributed by atoms with Crippen molar-refractivity contribution in [1.82, 2.24) is 0 Å². The highest BCUT2D eigenvalue weighted by atomic mass is 32.2. The lowest BCUT2D eigenvalue weighted by Crippen LogP contribution is -1.92. The topological polar surface area (TPSA) is 69.2 Å². The second kappa shape index (κ2) is 5.23. The third kappa shape index (κ3) is 3.19. The van der Waals surface area contributed by atoms with Crippen molar-refractivity contribution in [1.29, 1.82) is 0 Å². The molecule has 19 heavy (non-hydrogen) atoms. The number of nitrogen functional groups attached to an aromatic ring is 1. The number of non-ortho nitro benzene ring substituents is 1. The van der Waals surface area contributed by atoms with E-state index in [4.69, 9.17) is 5.73 Å². The summed E-state index contributed by atoms with van der Waals surface area (Å²) in [5, 5.41) is 10.7. The van der Waals surface area contributed by atoms with E-state index in [9.17, 15) is 18.9 Å². The van der Waals surface area contributed by atoms with Gasteiger partial charge < -0.3 is 5.73 Å². The molecule has 0 amide bonds. The van der Waals surface area contributed by atoms with Gasteiger partial charge in [0, 0.05) is 27.6 Å². The number of benzene rings is 2. The molecule has 0 radical (unpaired) electrons. The van der Waals surface area contributed by atoms with Crippen molar-refractivity contribution in [2.24, 2.45) is 0 Å². The normalized spacial score (nSPS) is 10.4. The highest BCUT2D eigenvalue weighted by Gasteiger charge is 2.10. The number of rotatable bonds is 3. The van der Waals surface area contributed by atoms with Crippen molar-refractivity contribution in [3.8, 4) is 0 Å². The number of hydrogen-bond acceptors (Lipinski definition) is 4. The van der Waals surface area contributed by atoms with Crippen molar-refractivity contribution in [2.75, 3.05) is 5.73 Å². The maximum Gasteiger partial charge on any atom is 0.272 e. The van der Waals surface area contributed by atoms with Crippen LogP contribution in [0.4, 0.5) is 20.2 Å². The van der Waals surface area contributed by atoms with Gasteiger partial charge in [0.2, 0.25) is 0 Å². The zero-order valence-corrected chi connectivity index (χ0v) is 10.3. The number of nitrogens with zero attached hydrogens (tertiary/aromatic N) is 1. The van der Waals surface area contributed by atoms with E-state index in [0.717, 1.165) is 23.9 Å². The standard InChI is InChI=1S/C12H8F2N2O2S/c13-11-2-1-9(6-12(11)14)19-10-4-7(15)3-8(5-10)16(17)18/h1-6H,15H2. The fourth-order valence-corrected chi connectivity index (χ4v) is 2.39. The van der Waals surface area contributed by atoms with Crippen LogP contribution in [0.25, 0.3) is 0 Å². The zero-order valence-electron chi connectivity index (χ0n) is 9.47. The molecule has 2 aromatic carbocycles. The molecule has 0 atom stereocenters. The van der Waals surface area contributed by atoms with E-state index in [0.29, 0.717) is 9.79 Å². The first kappa shape index (κ1) is 13.3. The van der Waals surface area contributed by atoms with Gasteiger partial charge in [-0.1, -0.05) is 11.8 Å². The summed E-state index contributed by atoms with van der Waals surface area (Å²) in [5.74, 6) is -1.91. The van der Waals surface area contributed by atoms with Crippen molar-refractivity contribution >= 4 is 23.1 Å². The fraction of sp³-hybridized carbons (Fsp3) is 0. The van der Waals surface area contributed by atoms with Crippen LogP contribution in [0, 0.1) is 21.7 Å². The molecule has 0 saturated carbocycles. The van der Waals surface area contributed by atoms with Gasteiger partial charge in [0.1, 0.15) is 0 Å². The first-order chi connectivity index (χ1) is 8.95. The molecule has 0 spiro atoms. The zero-order chi connectivity index (χ0) is 14.0. The summed E-state index contributed by atoms with van der Waals surface area (Å²) in [7, 11) is 0. The van der Waals surface area contributed by atoms with Crippen molar-refractivity contribution in [3.05, 3.63) is 58.1 Å². The van der Waals surface area contributed by atoms with Crippen LogP contribution in [0.15, 0.2) is 46.2 Å². The maximum absolute atomic E-state index is 13.0. The monoisotopic (exact) mass is 282 g/mol. The Hall–Kier alpha value is -2.15. The summed E-state index contributed by atoms with van der Waals surface area (Å²) in [5.41, 5.74) is 5.64. The molecule has 2 rings (SSSR count). The van der Waals surface area contributed by atoms with Gasteiger partial charge in [0.05, 0.1) is 4.92 Å². The summed E-state index contributed by atoms with van der Waals surface area (Å²) in [4.78, 5) is 11.0. The van der Waals surface area contributed by atoms with Crippen LogP contribution < -0.4 is 5.73 Å².